The van der Waals surface area contributed by atoms with E-state index in [2.05, 4.69) is 4.72 Å². The van der Waals surface area contributed by atoms with Crippen LogP contribution in [0.4, 0.5) is 10.7 Å². The van der Waals surface area contributed by atoms with Crippen molar-refractivity contribution in [3.63, 3.8) is 0 Å². The SMILES string of the molecule is COc1ccc(S(=O)(=O)Nc2cc(C)cs2)c(N)c1. The van der Waals surface area contributed by atoms with E-state index in [-0.39, 0.29) is 10.6 Å². The zero-order valence-corrected chi connectivity index (χ0v) is 12.1. The fraction of sp³-hybridized carbons (Fsp3) is 0.167. The Bertz CT molecular complexity index is 693. The zero-order valence-electron chi connectivity index (χ0n) is 10.5. The predicted octanol–water partition coefficient (Wildman–Crippen LogP) is 2.45. The Balaban J connectivity index is 2.34. The van der Waals surface area contributed by atoms with Gasteiger partial charge in [-0.1, -0.05) is 0 Å². The Morgan fingerprint density at radius 3 is 2.58 bits per heavy atom. The standard InChI is InChI=1S/C12H14N2O3S2/c1-8-5-12(18-7-8)14-19(15,16)11-4-3-9(17-2)6-10(11)13/h3-7,14H,13H2,1-2H3. The minimum absolute atomic E-state index is 0.0411. The Morgan fingerprint density at radius 1 is 1.32 bits per heavy atom. The van der Waals surface area contributed by atoms with Crippen molar-refractivity contribution in [2.24, 2.45) is 0 Å². The summed E-state index contributed by atoms with van der Waals surface area (Å²) < 4.78 is 31.9. The number of ether oxygens (including phenoxy) is 1. The molecule has 0 aliphatic rings. The average Bonchev–Trinajstić information content (AvgIpc) is 2.73. The molecule has 0 unspecified atom stereocenters. The lowest BCUT2D eigenvalue weighted by molar-refractivity contribution is 0.414. The molecule has 0 aliphatic carbocycles. The number of hydrogen-bond acceptors (Lipinski definition) is 5. The van der Waals surface area contributed by atoms with Crippen LogP contribution >= 0.6 is 11.3 Å². The van der Waals surface area contributed by atoms with Gasteiger partial charge in [0.05, 0.1) is 12.8 Å². The first kappa shape index (κ1) is 13.7. The van der Waals surface area contributed by atoms with Gasteiger partial charge in [-0.2, -0.15) is 0 Å². The third kappa shape index (κ3) is 2.99. The zero-order chi connectivity index (χ0) is 14.0. The number of methoxy groups -OCH3 is 1. The Labute approximate surface area is 116 Å². The highest BCUT2D eigenvalue weighted by atomic mass is 32.2. The molecule has 3 N–H and O–H groups in total. The van der Waals surface area contributed by atoms with Gasteiger partial charge in [0.1, 0.15) is 15.6 Å². The van der Waals surface area contributed by atoms with Crippen LogP contribution in [0.1, 0.15) is 5.56 Å². The molecular weight excluding hydrogens is 284 g/mol. The van der Waals surface area contributed by atoms with Crippen molar-refractivity contribution in [2.75, 3.05) is 17.6 Å². The number of rotatable bonds is 4. The normalized spacial score (nSPS) is 11.3. The molecule has 2 aromatic rings. The van der Waals surface area contributed by atoms with Gasteiger partial charge in [0.25, 0.3) is 10.0 Å². The van der Waals surface area contributed by atoms with Gasteiger partial charge >= 0.3 is 0 Å². The van der Waals surface area contributed by atoms with E-state index in [0.717, 1.165) is 5.56 Å². The molecule has 5 nitrogen and oxygen atoms in total. The first-order valence-electron chi connectivity index (χ1n) is 5.44. The van der Waals surface area contributed by atoms with Crippen molar-refractivity contribution in [1.82, 2.24) is 0 Å². The minimum Gasteiger partial charge on any atom is -0.497 e. The van der Waals surface area contributed by atoms with E-state index in [1.165, 1.54) is 30.6 Å². The molecule has 0 saturated carbocycles. The van der Waals surface area contributed by atoms with Crippen molar-refractivity contribution >= 4 is 32.0 Å². The van der Waals surface area contributed by atoms with Gasteiger partial charge in [-0.3, -0.25) is 4.72 Å². The Hall–Kier alpha value is -1.73. The van der Waals surface area contributed by atoms with Crippen molar-refractivity contribution in [2.45, 2.75) is 11.8 Å². The monoisotopic (exact) mass is 298 g/mol. The Morgan fingerprint density at radius 2 is 2.05 bits per heavy atom. The molecule has 0 bridgehead atoms. The molecule has 7 heteroatoms. The maximum Gasteiger partial charge on any atom is 0.264 e. The third-order valence-corrected chi connectivity index (χ3v) is 5.00. The highest BCUT2D eigenvalue weighted by Gasteiger charge is 2.18. The molecule has 19 heavy (non-hydrogen) atoms. The smallest absolute Gasteiger partial charge is 0.264 e. The first-order valence-corrected chi connectivity index (χ1v) is 7.80. The molecule has 0 saturated heterocycles. The highest BCUT2D eigenvalue weighted by molar-refractivity contribution is 7.93. The van der Waals surface area contributed by atoms with Gasteiger partial charge in [0.2, 0.25) is 0 Å². The van der Waals surface area contributed by atoms with E-state index in [1.807, 2.05) is 12.3 Å². The van der Waals surface area contributed by atoms with Crippen LogP contribution in [0.15, 0.2) is 34.5 Å². The molecule has 0 radical (unpaired) electrons. The molecule has 0 fully saturated rings. The highest BCUT2D eigenvalue weighted by Crippen LogP contribution is 2.27. The van der Waals surface area contributed by atoms with Crippen LogP contribution in [0.2, 0.25) is 0 Å². The van der Waals surface area contributed by atoms with Gasteiger partial charge in [0.15, 0.2) is 0 Å². The van der Waals surface area contributed by atoms with Crippen LogP contribution in [-0.2, 0) is 10.0 Å². The van der Waals surface area contributed by atoms with E-state index in [9.17, 15) is 8.42 Å². The maximum absolute atomic E-state index is 12.2. The van der Waals surface area contributed by atoms with Crippen molar-refractivity contribution in [3.8, 4) is 5.75 Å². The van der Waals surface area contributed by atoms with Crippen LogP contribution in [-0.4, -0.2) is 15.5 Å². The summed E-state index contributed by atoms with van der Waals surface area (Å²) in [5, 5.41) is 2.43. The molecule has 0 spiro atoms. The summed E-state index contributed by atoms with van der Waals surface area (Å²) in [5.74, 6) is 0.517. The van der Waals surface area contributed by atoms with E-state index < -0.39 is 10.0 Å². The lowest BCUT2D eigenvalue weighted by Crippen LogP contribution is -2.14. The molecule has 1 aromatic heterocycles. The molecule has 0 amide bonds. The van der Waals surface area contributed by atoms with Gasteiger partial charge in [0, 0.05) is 6.07 Å². The van der Waals surface area contributed by atoms with E-state index in [0.29, 0.717) is 10.8 Å². The summed E-state index contributed by atoms with van der Waals surface area (Å²) in [5.41, 5.74) is 6.90. The number of sulfonamides is 1. The van der Waals surface area contributed by atoms with Crippen LogP contribution in [0.25, 0.3) is 0 Å². The predicted molar refractivity (Wildman–Crippen MR) is 77.3 cm³/mol. The van der Waals surface area contributed by atoms with Crippen molar-refractivity contribution < 1.29 is 13.2 Å². The third-order valence-electron chi connectivity index (χ3n) is 2.47. The van der Waals surface area contributed by atoms with Gasteiger partial charge in [-0.25, -0.2) is 8.42 Å². The second-order valence-electron chi connectivity index (χ2n) is 4.00. The molecule has 2 rings (SSSR count). The lowest BCUT2D eigenvalue weighted by Gasteiger charge is -2.09. The molecular formula is C12H14N2O3S2. The molecule has 1 aromatic carbocycles. The van der Waals surface area contributed by atoms with Gasteiger partial charge in [-0.05, 0) is 36.1 Å². The molecule has 0 atom stereocenters. The van der Waals surface area contributed by atoms with Crippen LogP contribution < -0.4 is 15.2 Å². The number of benzene rings is 1. The summed E-state index contributed by atoms with van der Waals surface area (Å²) in [6.07, 6.45) is 0. The fourth-order valence-corrected chi connectivity index (χ4v) is 3.78. The summed E-state index contributed by atoms with van der Waals surface area (Å²) in [4.78, 5) is 0.0411. The summed E-state index contributed by atoms with van der Waals surface area (Å²) in [7, 11) is -2.18. The quantitative estimate of drug-likeness (QED) is 0.849. The van der Waals surface area contributed by atoms with Gasteiger partial charge in [-0.15, -0.1) is 11.3 Å². The number of anilines is 2. The number of thiophene rings is 1. The van der Waals surface area contributed by atoms with E-state index >= 15 is 0 Å². The van der Waals surface area contributed by atoms with Gasteiger partial charge < -0.3 is 10.5 Å². The molecule has 1 heterocycles. The molecule has 0 aliphatic heterocycles. The fourth-order valence-electron chi connectivity index (χ4n) is 1.57. The van der Waals surface area contributed by atoms with Crippen LogP contribution in [0.3, 0.4) is 0 Å². The summed E-state index contributed by atoms with van der Waals surface area (Å²) in [6.45, 7) is 1.90. The van der Waals surface area contributed by atoms with Crippen molar-refractivity contribution in [3.05, 3.63) is 35.2 Å². The maximum atomic E-state index is 12.2. The number of nitrogens with one attached hydrogen (secondary N) is 1. The van der Waals surface area contributed by atoms with E-state index in [1.54, 1.807) is 12.1 Å². The summed E-state index contributed by atoms with van der Waals surface area (Å²) in [6, 6.07) is 6.23. The number of nitrogen functional groups attached to an aromatic ring is 1. The summed E-state index contributed by atoms with van der Waals surface area (Å²) >= 11 is 1.33. The number of nitrogens with two attached hydrogens (primary N) is 1. The average molecular weight is 298 g/mol. The number of hydrogen-bond donors (Lipinski definition) is 2. The van der Waals surface area contributed by atoms with Crippen LogP contribution in [0, 0.1) is 6.92 Å². The van der Waals surface area contributed by atoms with Crippen LogP contribution in [0.5, 0.6) is 5.75 Å². The minimum atomic E-state index is -3.68. The second-order valence-corrected chi connectivity index (χ2v) is 6.56. The Kier molecular flexibility index (Phi) is 3.68. The topological polar surface area (TPSA) is 81.4 Å². The van der Waals surface area contributed by atoms with E-state index in [4.69, 9.17) is 10.5 Å². The second kappa shape index (κ2) is 5.10. The number of aryl methyl sites for hydroxylation is 1. The first-order chi connectivity index (χ1) is 8.92. The lowest BCUT2D eigenvalue weighted by atomic mass is 10.3. The largest absolute Gasteiger partial charge is 0.497 e. The molecule has 102 valence electrons. The van der Waals surface area contributed by atoms with Crippen molar-refractivity contribution in [1.29, 1.82) is 0 Å².